The van der Waals surface area contributed by atoms with Gasteiger partial charge in [0, 0.05) is 10.6 Å². The van der Waals surface area contributed by atoms with E-state index in [-0.39, 0.29) is 11.2 Å². The van der Waals surface area contributed by atoms with E-state index < -0.39 is 0 Å². The van der Waals surface area contributed by atoms with Crippen LogP contribution in [0, 0.1) is 6.92 Å². The van der Waals surface area contributed by atoms with Gasteiger partial charge in [-0.25, -0.2) is 4.68 Å². The summed E-state index contributed by atoms with van der Waals surface area (Å²) < 4.78 is 1.80. The fourth-order valence-electron chi connectivity index (χ4n) is 3.07. The molecule has 4 rings (SSSR count). The molecule has 0 bridgehead atoms. The van der Waals surface area contributed by atoms with Crippen LogP contribution in [0.2, 0.25) is 5.02 Å². The minimum atomic E-state index is -0.0416. The Morgan fingerprint density at radius 2 is 1.88 bits per heavy atom. The summed E-state index contributed by atoms with van der Waals surface area (Å²) in [6.45, 7) is 1.97. The highest BCUT2D eigenvalue weighted by Crippen LogP contribution is 2.45. The van der Waals surface area contributed by atoms with Gasteiger partial charge < -0.3 is 5.32 Å². The molecule has 3 aromatic rings. The van der Waals surface area contributed by atoms with Crippen LogP contribution in [-0.4, -0.2) is 21.4 Å². The molecule has 0 saturated carbocycles. The first kappa shape index (κ1) is 16.2. The maximum Gasteiger partial charge on any atom is 0.235 e. The molecule has 1 aliphatic rings. The summed E-state index contributed by atoms with van der Waals surface area (Å²) in [5.74, 6) is 1.07. The van der Waals surface area contributed by atoms with Crippen LogP contribution in [0.25, 0.3) is 5.69 Å². The first-order valence-corrected chi connectivity index (χ1v) is 9.38. The topological polar surface area (TPSA) is 46.9 Å². The van der Waals surface area contributed by atoms with E-state index >= 15 is 0 Å². The fraction of sp³-hybridized carbons (Fsp3) is 0.158. The number of benzene rings is 2. The second-order valence-electron chi connectivity index (χ2n) is 5.86. The normalized spacial score (nSPS) is 16.9. The van der Waals surface area contributed by atoms with E-state index in [2.05, 4.69) is 10.4 Å². The lowest BCUT2D eigenvalue weighted by Gasteiger charge is -2.16. The molecule has 25 heavy (non-hydrogen) atoms. The third-order valence-electron chi connectivity index (χ3n) is 4.20. The Morgan fingerprint density at radius 1 is 1.16 bits per heavy atom. The van der Waals surface area contributed by atoms with Crippen LogP contribution in [0.4, 0.5) is 5.82 Å². The van der Waals surface area contributed by atoms with Crippen LogP contribution in [0.3, 0.4) is 0 Å². The lowest BCUT2D eigenvalue weighted by atomic mass is 10.0. The molecular formula is C19H16ClN3OS. The zero-order chi connectivity index (χ0) is 17.4. The van der Waals surface area contributed by atoms with Gasteiger partial charge in [0.2, 0.25) is 5.91 Å². The smallest absolute Gasteiger partial charge is 0.235 e. The molecule has 1 aliphatic heterocycles. The zero-order valence-electron chi connectivity index (χ0n) is 13.6. The van der Waals surface area contributed by atoms with Crippen molar-refractivity contribution in [3.05, 3.63) is 76.4 Å². The molecule has 0 aliphatic carbocycles. The van der Waals surface area contributed by atoms with Crippen LogP contribution < -0.4 is 5.32 Å². The number of carbonyl (C=O) groups excluding carboxylic acids is 1. The Kier molecular flexibility index (Phi) is 4.27. The summed E-state index contributed by atoms with van der Waals surface area (Å²) in [6.07, 6.45) is 0. The van der Waals surface area contributed by atoms with Crippen molar-refractivity contribution in [2.24, 2.45) is 0 Å². The molecule has 0 radical (unpaired) electrons. The predicted octanol–water partition coefficient (Wildman–Crippen LogP) is 4.61. The Morgan fingerprint density at radius 3 is 2.64 bits per heavy atom. The monoisotopic (exact) mass is 369 g/mol. The molecule has 2 heterocycles. The van der Waals surface area contributed by atoms with Gasteiger partial charge in [0.25, 0.3) is 0 Å². The fourth-order valence-corrected chi connectivity index (χ4v) is 4.61. The average Bonchev–Trinajstić information content (AvgIpc) is 2.83. The molecular weight excluding hydrogens is 354 g/mol. The van der Waals surface area contributed by atoms with Gasteiger partial charge in [0.1, 0.15) is 5.82 Å². The number of hydrogen-bond donors (Lipinski definition) is 1. The molecule has 6 heteroatoms. The standard InChI is InChI=1S/C19H16ClN3OS/c1-12-17-18(14-9-5-6-10-15(14)20)25-11-16(24)21-19(17)23(22-12)13-7-3-2-4-8-13/h2-10,18H,11H2,1H3,(H,21,24)/t18-/m0/s1. The molecule has 126 valence electrons. The van der Waals surface area contributed by atoms with Crippen molar-refractivity contribution in [3.63, 3.8) is 0 Å². The van der Waals surface area contributed by atoms with Gasteiger partial charge in [-0.3, -0.25) is 4.79 Å². The van der Waals surface area contributed by atoms with Gasteiger partial charge in [-0.2, -0.15) is 5.10 Å². The van der Waals surface area contributed by atoms with E-state index in [1.54, 1.807) is 16.4 Å². The van der Waals surface area contributed by atoms with Crippen LogP contribution in [-0.2, 0) is 4.79 Å². The molecule has 0 spiro atoms. The summed E-state index contributed by atoms with van der Waals surface area (Å²) in [5, 5.41) is 8.38. The highest BCUT2D eigenvalue weighted by molar-refractivity contribution is 8.00. The number of nitrogens with one attached hydrogen (secondary N) is 1. The van der Waals surface area contributed by atoms with E-state index in [9.17, 15) is 4.79 Å². The molecule has 1 N–H and O–H groups in total. The maximum atomic E-state index is 12.3. The molecule has 0 fully saturated rings. The molecule has 1 amide bonds. The van der Waals surface area contributed by atoms with Crippen LogP contribution in [0.1, 0.15) is 22.1 Å². The zero-order valence-corrected chi connectivity index (χ0v) is 15.1. The SMILES string of the molecule is Cc1nn(-c2ccccc2)c2c1[C@H](c1ccccc1Cl)SCC(=O)N2. The lowest BCUT2D eigenvalue weighted by Crippen LogP contribution is -2.15. The Bertz CT molecular complexity index is 939. The first-order valence-electron chi connectivity index (χ1n) is 7.96. The van der Waals surface area contributed by atoms with Crippen molar-refractivity contribution in [3.8, 4) is 5.69 Å². The number of aromatic nitrogens is 2. The summed E-state index contributed by atoms with van der Waals surface area (Å²) in [5.41, 5.74) is 3.81. The quantitative estimate of drug-likeness (QED) is 0.717. The maximum absolute atomic E-state index is 12.3. The number of aryl methyl sites for hydroxylation is 1. The number of amides is 1. The van der Waals surface area contributed by atoms with Crippen molar-refractivity contribution >= 4 is 35.1 Å². The van der Waals surface area contributed by atoms with E-state index in [0.717, 1.165) is 28.3 Å². The molecule has 1 aromatic heterocycles. The Labute approximate surface area is 155 Å². The van der Waals surface area contributed by atoms with Crippen molar-refractivity contribution in [1.29, 1.82) is 0 Å². The van der Waals surface area contributed by atoms with E-state index in [0.29, 0.717) is 10.8 Å². The number of rotatable bonds is 2. The van der Waals surface area contributed by atoms with Crippen molar-refractivity contribution in [2.75, 3.05) is 11.1 Å². The average molecular weight is 370 g/mol. The number of carbonyl (C=O) groups is 1. The summed E-state index contributed by atoms with van der Waals surface area (Å²) >= 11 is 8.02. The third-order valence-corrected chi connectivity index (χ3v) is 5.79. The number of anilines is 1. The van der Waals surface area contributed by atoms with Crippen LogP contribution >= 0.6 is 23.4 Å². The third kappa shape index (κ3) is 2.94. The van der Waals surface area contributed by atoms with Crippen LogP contribution in [0.15, 0.2) is 54.6 Å². The molecule has 2 aromatic carbocycles. The largest absolute Gasteiger partial charge is 0.310 e. The highest BCUT2D eigenvalue weighted by atomic mass is 35.5. The number of thioether (sulfide) groups is 1. The van der Waals surface area contributed by atoms with E-state index in [1.807, 2.05) is 61.5 Å². The number of hydrogen-bond acceptors (Lipinski definition) is 3. The highest BCUT2D eigenvalue weighted by Gasteiger charge is 2.31. The van der Waals surface area contributed by atoms with E-state index in [4.69, 9.17) is 11.6 Å². The van der Waals surface area contributed by atoms with Crippen LogP contribution in [0.5, 0.6) is 0 Å². The van der Waals surface area contributed by atoms with Gasteiger partial charge in [0.05, 0.1) is 22.4 Å². The number of halogens is 1. The van der Waals surface area contributed by atoms with Gasteiger partial charge in [-0.1, -0.05) is 48.0 Å². The van der Waals surface area contributed by atoms with Crippen molar-refractivity contribution < 1.29 is 4.79 Å². The van der Waals surface area contributed by atoms with Gasteiger partial charge in [-0.05, 0) is 30.7 Å². The summed E-state index contributed by atoms with van der Waals surface area (Å²) in [6, 6.07) is 17.6. The minimum Gasteiger partial charge on any atom is -0.310 e. The minimum absolute atomic E-state index is 0.0297. The Balaban J connectivity index is 1.92. The van der Waals surface area contributed by atoms with Gasteiger partial charge in [0.15, 0.2) is 0 Å². The number of fused-ring (bicyclic) bond motifs is 1. The van der Waals surface area contributed by atoms with Crippen molar-refractivity contribution in [1.82, 2.24) is 9.78 Å². The van der Waals surface area contributed by atoms with E-state index in [1.165, 1.54) is 0 Å². The molecule has 0 saturated heterocycles. The number of para-hydroxylation sites is 1. The number of nitrogens with zero attached hydrogens (tertiary/aromatic N) is 2. The van der Waals surface area contributed by atoms with Gasteiger partial charge >= 0.3 is 0 Å². The van der Waals surface area contributed by atoms with Crippen molar-refractivity contribution in [2.45, 2.75) is 12.2 Å². The summed E-state index contributed by atoms with van der Waals surface area (Å²) in [7, 11) is 0. The molecule has 1 atom stereocenters. The first-order chi connectivity index (χ1) is 12.1. The Hall–Kier alpha value is -2.24. The summed E-state index contributed by atoms with van der Waals surface area (Å²) in [4.78, 5) is 12.3. The second-order valence-corrected chi connectivity index (χ2v) is 7.36. The molecule has 4 nitrogen and oxygen atoms in total. The second kappa shape index (κ2) is 6.58. The van der Waals surface area contributed by atoms with Gasteiger partial charge in [-0.15, -0.1) is 11.8 Å². The predicted molar refractivity (Wildman–Crippen MR) is 103 cm³/mol. The lowest BCUT2D eigenvalue weighted by molar-refractivity contribution is -0.113. The molecule has 0 unspecified atom stereocenters.